The third-order valence-corrected chi connectivity index (χ3v) is 5.91. The fourth-order valence-electron chi connectivity index (χ4n) is 2.45. The topological polar surface area (TPSA) is 109 Å². The van der Waals surface area contributed by atoms with Gasteiger partial charge in [0, 0.05) is 0 Å². The van der Waals surface area contributed by atoms with E-state index in [1.807, 2.05) is 0 Å². The van der Waals surface area contributed by atoms with Crippen LogP contribution in [-0.4, -0.2) is 36.9 Å². The van der Waals surface area contributed by atoms with Crippen molar-refractivity contribution in [1.29, 1.82) is 0 Å². The second-order valence-corrected chi connectivity index (χ2v) is 9.33. The van der Waals surface area contributed by atoms with Gasteiger partial charge in [0.25, 0.3) is 20.2 Å². The van der Waals surface area contributed by atoms with Gasteiger partial charge in [0.15, 0.2) is 0 Å². The van der Waals surface area contributed by atoms with Gasteiger partial charge in [-0.2, -0.15) is 16.8 Å². The van der Waals surface area contributed by atoms with E-state index in [9.17, 15) is 16.8 Å². The lowest BCUT2D eigenvalue weighted by Gasteiger charge is -2.07. The number of unbranched alkanes of at least 4 members (excludes halogenated alkanes) is 10. The van der Waals surface area contributed by atoms with E-state index in [0.29, 0.717) is 6.42 Å². The molecule has 0 fully saturated rings. The molecule has 24 heavy (non-hydrogen) atoms. The molecule has 0 saturated heterocycles. The van der Waals surface area contributed by atoms with E-state index >= 15 is 0 Å². The van der Waals surface area contributed by atoms with E-state index in [-0.39, 0.29) is 0 Å². The molecule has 0 rings (SSSR count). The lowest BCUT2D eigenvalue weighted by molar-refractivity contribution is 0.464. The monoisotopic (exact) mass is 384 g/mol. The van der Waals surface area contributed by atoms with Gasteiger partial charge in [-0.3, -0.25) is 9.11 Å². The second-order valence-electron chi connectivity index (χ2n) is 6.20. The highest BCUT2D eigenvalue weighted by molar-refractivity contribution is 7.90. The first kappa shape index (κ1) is 23.6. The number of rotatable bonds is 15. The molecule has 2 N–H and O–H groups in total. The molecule has 0 aromatic rings. The Morgan fingerprint density at radius 3 is 1.67 bits per heavy atom. The maximum Gasteiger partial charge on any atom is 0.272 e. The third kappa shape index (κ3) is 15.1. The van der Waals surface area contributed by atoms with Crippen LogP contribution in [0.5, 0.6) is 0 Å². The van der Waals surface area contributed by atoms with Crippen molar-refractivity contribution in [1.82, 2.24) is 0 Å². The summed E-state index contributed by atoms with van der Waals surface area (Å²) >= 11 is 0. The highest BCUT2D eigenvalue weighted by atomic mass is 32.2. The summed E-state index contributed by atoms with van der Waals surface area (Å²) in [5, 5.41) is -1.62. The predicted octanol–water partition coefficient (Wildman–Crippen LogP) is 4.00. The fraction of sp³-hybridized carbons (Fsp3) is 0.875. The summed E-state index contributed by atoms with van der Waals surface area (Å²) in [6, 6.07) is 0. The molecule has 0 heterocycles. The molecule has 0 aliphatic heterocycles. The van der Waals surface area contributed by atoms with Gasteiger partial charge in [-0.15, -0.1) is 0 Å². The average molecular weight is 385 g/mol. The van der Waals surface area contributed by atoms with Gasteiger partial charge in [-0.25, -0.2) is 0 Å². The van der Waals surface area contributed by atoms with E-state index in [4.69, 9.17) is 9.11 Å². The lowest BCUT2D eigenvalue weighted by Crippen LogP contribution is -2.27. The van der Waals surface area contributed by atoms with Crippen molar-refractivity contribution in [2.75, 3.05) is 5.75 Å². The summed E-state index contributed by atoms with van der Waals surface area (Å²) in [6.07, 6.45) is 15.3. The first-order valence-corrected chi connectivity index (χ1v) is 11.9. The molecule has 0 saturated carbocycles. The molecule has 0 aromatic carbocycles. The predicted molar refractivity (Wildman–Crippen MR) is 97.4 cm³/mol. The van der Waals surface area contributed by atoms with Crippen LogP contribution in [0.1, 0.15) is 77.6 Å². The van der Waals surface area contributed by atoms with Crippen molar-refractivity contribution in [3.63, 3.8) is 0 Å². The summed E-state index contributed by atoms with van der Waals surface area (Å²) in [5.74, 6) is -1.03. The van der Waals surface area contributed by atoms with Crippen molar-refractivity contribution < 1.29 is 25.9 Å². The summed E-state index contributed by atoms with van der Waals surface area (Å²) in [6.45, 7) is 2.20. The normalized spacial score (nSPS) is 14.3. The van der Waals surface area contributed by atoms with E-state index in [2.05, 4.69) is 6.92 Å². The Balaban J connectivity index is 3.82. The molecule has 0 radical (unpaired) electrons. The number of hydrogen-bond acceptors (Lipinski definition) is 4. The van der Waals surface area contributed by atoms with Crippen LogP contribution < -0.4 is 0 Å². The second kappa shape index (κ2) is 12.9. The van der Waals surface area contributed by atoms with Gasteiger partial charge in [-0.1, -0.05) is 76.9 Å². The Labute approximate surface area is 147 Å². The van der Waals surface area contributed by atoms with Gasteiger partial charge in [0.1, 0.15) is 5.25 Å². The highest BCUT2D eigenvalue weighted by Crippen LogP contribution is 2.12. The third-order valence-electron chi connectivity index (χ3n) is 3.83. The molecule has 1 unspecified atom stereocenters. The van der Waals surface area contributed by atoms with Crippen molar-refractivity contribution in [2.24, 2.45) is 0 Å². The Bertz CT molecular complexity index is 537. The minimum absolute atomic E-state index is 0.619. The molecule has 0 bridgehead atoms. The van der Waals surface area contributed by atoms with Gasteiger partial charge >= 0.3 is 0 Å². The van der Waals surface area contributed by atoms with E-state index in [1.54, 1.807) is 6.08 Å². The standard InChI is InChI=1S/C16H32O6S2/c1-2-3-4-5-6-7-8-9-10-11-12-13-14-16(24(20,21)22)15-23(17,18)19/h13-14,16H,2-12,15H2,1H3,(H,17,18,19)(H,20,21,22). The fourth-order valence-corrected chi connectivity index (χ4v) is 4.49. The summed E-state index contributed by atoms with van der Waals surface area (Å²) in [7, 11) is -9.00. The van der Waals surface area contributed by atoms with Crippen LogP contribution in [0.15, 0.2) is 12.2 Å². The van der Waals surface area contributed by atoms with E-state index in [0.717, 1.165) is 25.3 Å². The SMILES string of the molecule is CCCCCCCCCCCCC=CC(CS(=O)(=O)O)S(=O)(=O)O. The van der Waals surface area contributed by atoms with Gasteiger partial charge in [-0.05, 0) is 12.8 Å². The largest absolute Gasteiger partial charge is 0.285 e. The van der Waals surface area contributed by atoms with Crippen LogP contribution in [0.2, 0.25) is 0 Å². The van der Waals surface area contributed by atoms with Crippen LogP contribution in [0, 0.1) is 0 Å². The molecule has 0 aliphatic carbocycles. The Morgan fingerprint density at radius 2 is 1.25 bits per heavy atom. The Hall–Kier alpha value is -0.440. The average Bonchev–Trinajstić information content (AvgIpc) is 2.45. The highest BCUT2D eigenvalue weighted by Gasteiger charge is 2.25. The quantitative estimate of drug-likeness (QED) is 0.251. The van der Waals surface area contributed by atoms with Crippen LogP contribution in [0.3, 0.4) is 0 Å². The molecule has 0 aromatic heterocycles. The molecular weight excluding hydrogens is 352 g/mol. The molecule has 1 atom stereocenters. The molecule has 0 spiro atoms. The van der Waals surface area contributed by atoms with Gasteiger partial charge in [0.05, 0.1) is 5.75 Å². The zero-order valence-electron chi connectivity index (χ0n) is 14.6. The van der Waals surface area contributed by atoms with Crippen molar-refractivity contribution >= 4 is 20.2 Å². The van der Waals surface area contributed by atoms with Crippen molar-refractivity contribution in [3.05, 3.63) is 12.2 Å². The minimum atomic E-state index is -4.54. The zero-order valence-corrected chi connectivity index (χ0v) is 16.2. The molecule has 144 valence electrons. The van der Waals surface area contributed by atoms with Crippen molar-refractivity contribution in [3.8, 4) is 0 Å². The van der Waals surface area contributed by atoms with Crippen LogP contribution in [0.25, 0.3) is 0 Å². The smallest absolute Gasteiger partial charge is 0.272 e. The first-order valence-electron chi connectivity index (χ1n) is 8.75. The molecule has 8 heteroatoms. The van der Waals surface area contributed by atoms with E-state index in [1.165, 1.54) is 44.9 Å². The van der Waals surface area contributed by atoms with Gasteiger partial charge < -0.3 is 0 Å². The first-order chi connectivity index (χ1) is 11.2. The zero-order chi connectivity index (χ0) is 18.5. The maximum absolute atomic E-state index is 11.1. The van der Waals surface area contributed by atoms with Crippen LogP contribution in [-0.2, 0) is 20.2 Å². The molecule has 0 amide bonds. The molecule has 6 nitrogen and oxygen atoms in total. The number of hydrogen-bond donors (Lipinski definition) is 2. The Morgan fingerprint density at radius 1 is 0.792 bits per heavy atom. The van der Waals surface area contributed by atoms with Crippen LogP contribution in [0.4, 0.5) is 0 Å². The summed E-state index contributed by atoms with van der Waals surface area (Å²) in [4.78, 5) is 0. The van der Waals surface area contributed by atoms with Crippen LogP contribution >= 0.6 is 0 Å². The number of allylic oxidation sites excluding steroid dienone is 1. The lowest BCUT2D eigenvalue weighted by atomic mass is 10.1. The van der Waals surface area contributed by atoms with E-state index < -0.39 is 31.2 Å². The molecule has 0 aliphatic rings. The summed E-state index contributed by atoms with van der Waals surface area (Å²) < 4.78 is 61.3. The van der Waals surface area contributed by atoms with Gasteiger partial charge in [0.2, 0.25) is 0 Å². The maximum atomic E-state index is 11.1. The minimum Gasteiger partial charge on any atom is -0.285 e. The van der Waals surface area contributed by atoms with Crippen molar-refractivity contribution in [2.45, 2.75) is 82.8 Å². The molecular formula is C16H32O6S2. The summed E-state index contributed by atoms with van der Waals surface area (Å²) in [5.41, 5.74) is 0. The Kier molecular flexibility index (Phi) is 12.6.